The molecule has 2 aromatic rings. The predicted molar refractivity (Wildman–Crippen MR) is 111 cm³/mol. The molecule has 0 bridgehead atoms. The smallest absolute Gasteiger partial charge is 0.123 e. The van der Waals surface area contributed by atoms with Gasteiger partial charge in [0.15, 0.2) is 0 Å². The van der Waals surface area contributed by atoms with Gasteiger partial charge in [0, 0.05) is 32.4 Å². The number of nitrogens with zero attached hydrogens (tertiary/aromatic N) is 2. The largest absolute Gasteiger partial charge is 0.493 e. The molecule has 0 aliphatic carbocycles. The number of benzene rings is 2. The molecule has 0 amide bonds. The molecule has 152 valence electrons. The first-order chi connectivity index (χ1) is 13.5. The van der Waals surface area contributed by atoms with Gasteiger partial charge >= 0.3 is 0 Å². The number of hydrogen-bond acceptors (Lipinski definition) is 4. The maximum atomic E-state index is 13.1. The van der Waals surface area contributed by atoms with Gasteiger partial charge in [-0.05, 0) is 68.1 Å². The molecule has 0 aromatic heterocycles. The Balaban J connectivity index is 1.36. The lowest BCUT2D eigenvalue weighted by molar-refractivity contribution is 0.0574. The fourth-order valence-electron chi connectivity index (χ4n) is 3.75. The van der Waals surface area contributed by atoms with E-state index in [-0.39, 0.29) is 11.7 Å². The fraction of sp³-hybridized carbons (Fsp3) is 0.478. The molecule has 0 saturated carbocycles. The Morgan fingerprint density at radius 3 is 2.54 bits per heavy atom. The molecule has 28 heavy (non-hydrogen) atoms. The van der Waals surface area contributed by atoms with Crippen molar-refractivity contribution in [3.05, 3.63) is 59.9 Å². The second-order valence-electron chi connectivity index (χ2n) is 7.77. The van der Waals surface area contributed by atoms with Crippen LogP contribution in [0.25, 0.3) is 0 Å². The molecule has 0 radical (unpaired) electrons. The van der Waals surface area contributed by atoms with Crippen LogP contribution in [0.5, 0.6) is 5.75 Å². The van der Waals surface area contributed by atoms with Crippen molar-refractivity contribution in [3.8, 4) is 5.75 Å². The van der Waals surface area contributed by atoms with E-state index in [1.54, 1.807) is 12.1 Å². The molecule has 5 heteroatoms. The molecule has 1 aliphatic heterocycles. The Morgan fingerprint density at radius 1 is 1.14 bits per heavy atom. The summed E-state index contributed by atoms with van der Waals surface area (Å²) >= 11 is 0. The third-order valence-electron chi connectivity index (χ3n) is 5.51. The standard InChI is InChI=1S/C23H31FN2O2/c1-25(2)21-5-3-6-22(17-21)28-16-4-13-26-14-11-19(12-15-26)23(27)18-7-9-20(24)10-8-18/h3,5-10,17,19,23,27H,4,11-16H2,1-2H3. The van der Waals surface area contributed by atoms with Crippen LogP contribution in [0.15, 0.2) is 48.5 Å². The summed E-state index contributed by atoms with van der Waals surface area (Å²) in [6.45, 7) is 3.68. The lowest BCUT2D eigenvalue weighted by Crippen LogP contribution is -2.36. The van der Waals surface area contributed by atoms with Crippen molar-refractivity contribution in [2.75, 3.05) is 45.2 Å². The molecule has 4 nitrogen and oxygen atoms in total. The zero-order chi connectivity index (χ0) is 19.9. The average molecular weight is 387 g/mol. The van der Waals surface area contributed by atoms with E-state index in [0.29, 0.717) is 6.61 Å². The van der Waals surface area contributed by atoms with Gasteiger partial charge in [-0.15, -0.1) is 0 Å². The van der Waals surface area contributed by atoms with Crippen molar-refractivity contribution >= 4 is 5.69 Å². The maximum Gasteiger partial charge on any atom is 0.123 e. The first kappa shape index (κ1) is 20.6. The van der Waals surface area contributed by atoms with Crippen molar-refractivity contribution < 1.29 is 14.2 Å². The molecule has 2 aromatic carbocycles. The highest BCUT2D eigenvalue weighted by Gasteiger charge is 2.26. The first-order valence-electron chi connectivity index (χ1n) is 10.1. The molecular weight excluding hydrogens is 355 g/mol. The van der Waals surface area contributed by atoms with Crippen molar-refractivity contribution in [1.29, 1.82) is 0 Å². The summed E-state index contributed by atoms with van der Waals surface area (Å²) in [5.41, 5.74) is 1.95. The van der Waals surface area contributed by atoms with E-state index < -0.39 is 6.10 Å². The van der Waals surface area contributed by atoms with Gasteiger partial charge in [-0.3, -0.25) is 0 Å². The van der Waals surface area contributed by atoms with Gasteiger partial charge in [0.1, 0.15) is 11.6 Å². The van der Waals surface area contributed by atoms with Crippen molar-refractivity contribution in [1.82, 2.24) is 4.90 Å². The van der Waals surface area contributed by atoms with Crippen LogP contribution in [0.2, 0.25) is 0 Å². The molecule has 1 saturated heterocycles. The summed E-state index contributed by atoms with van der Waals surface area (Å²) in [6, 6.07) is 14.4. The summed E-state index contributed by atoms with van der Waals surface area (Å²) in [4.78, 5) is 4.50. The molecule has 1 fully saturated rings. The summed E-state index contributed by atoms with van der Waals surface area (Å²) in [7, 11) is 4.05. The van der Waals surface area contributed by atoms with Gasteiger partial charge in [0.2, 0.25) is 0 Å². The number of hydrogen-bond donors (Lipinski definition) is 1. The first-order valence-corrected chi connectivity index (χ1v) is 10.1. The highest BCUT2D eigenvalue weighted by atomic mass is 19.1. The zero-order valence-electron chi connectivity index (χ0n) is 16.9. The Hall–Kier alpha value is -2.11. The minimum absolute atomic E-state index is 0.242. The van der Waals surface area contributed by atoms with Gasteiger partial charge in [0.25, 0.3) is 0 Å². The maximum absolute atomic E-state index is 13.1. The number of piperidine rings is 1. The Labute approximate surface area is 167 Å². The number of ether oxygens (including phenoxy) is 1. The zero-order valence-corrected chi connectivity index (χ0v) is 16.9. The second-order valence-corrected chi connectivity index (χ2v) is 7.77. The van der Waals surface area contributed by atoms with Crippen molar-refractivity contribution in [3.63, 3.8) is 0 Å². The van der Waals surface area contributed by atoms with Gasteiger partial charge in [-0.2, -0.15) is 0 Å². The SMILES string of the molecule is CN(C)c1cccc(OCCCN2CCC(C(O)c3ccc(F)cc3)CC2)c1. The molecule has 1 atom stereocenters. The van der Waals surface area contributed by atoms with Crippen LogP contribution in [0.3, 0.4) is 0 Å². The lowest BCUT2D eigenvalue weighted by atomic mass is 9.87. The monoisotopic (exact) mass is 386 g/mol. The number of halogens is 1. The van der Waals surface area contributed by atoms with Crippen molar-refractivity contribution in [2.45, 2.75) is 25.4 Å². The quantitative estimate of drug-likeness (QED) is 0.693. The van der Waals surface area contributed by atoms with E-state index in [4.69, 9.17) is 4.74 Å². The van der Waals surface area contributed by atoms with Gasteiger partial charge in [-0.25, -0.2) is 4.39 Å². The highest BCUT2D eigenvalue weighted by Crippen LogP contribution is 2.30. The van der Waals surface area contributed by atoms with Crippen LogP contribution in [0.4, 0.5) is 10.1 Å². The minimum atomic E-state index is -0.505. The van der Waals surface area contributed by atoms with E-state index in [2.05, 4.69) is 21.9 Å². The van der Waals surface area contributed by atoms with Crippen molar-refractivity contribution in [2.24, 2.45) is 5.92 Å². The third-order valence-corrected chi connectivity index (χ3v) is 5.51. The van der Waals surface area contributed by atoms with E-state index in [1.165, 1.54) is 12.1 Å². The summed E-state index contributed by atoms with van der Waals surface area (Å²) in [5, 5.41) is 10.6. The molecule has 0 spiro atoms. The summed E-state index contributed by atoms with van der Waals surface area (Å²) in [6.07, 6.45) is 2.40. The predicted octanol–water partition coefficient (Wildman–Crippen LogP) is 4.11. The Morgan fingerprint density at radius 2 is 1.86 bits per heavy atom. The van der Waals surface area contributed by atoms with Crippen LogP contribution in [-0.4, -0.2) is 50.3 Å². The van der Waals surface area contributed by atoms with Gasteiger partial charge < -0.3 is 19.6 Å². The number of aliphatic hydroxyl groups excluding tert-OH is 1. The van der Waals surface area contributed by atoms with Crippen LogP contribution >= 0.6 is 0 Å². The average Bonchev–Trinajstić information content (AvgIpc) is 2.72. The molecular formula is C23H31FN2O2. The van der Waals surface area contributed by atoms with Crippen LogP contribution in [0, 0.1) is 11.7 Å². The van der Waals surface area contributed by atoms with E-state index in [9.17, 15) is 9.50 Å². The number of anilines is 1. The van der Waals surface area contributed by atoms with Gasteiger partial charge in [-0.1, -0.05) is 18.2 Å². The van der Waals surface area contributed by atoms with Crippen LogP contribution in [-0.2, 0) is 0 Å². The molecule has 1 aliphatic rings. The number of aliphatic hydroxyl groups is 1. The molecule has 1 heterocycles. The summed E-state index contributed by atoms with van der Waals surface area (Å²) in [5.74, 6) is 0.889. The van der Waals surface area contributed by atoms with E-state index >= 15 is 0 Å². The topological polar surface area (TPSA) is 35.9 Å². The summed E-state index contributed by atoms with van der Waals surface area (Å²) < 4.78 is 18.9. The molecule has 3 rings (SSSR count). The normalized spacial score (nSPS) is 16.7. The fourth-order valence-corrected chi connectivity index (χ4v) is 3.75. The highest BCUT2D eigenvalue weighted by molar-refractivity contribution is 5.49. The number of rotatable bonds is 8. The van der Waals surface area contributed by atoms with Crippen LogP contribution in [0.1, 0.15) is 30.9 Å². The Bertz CT molecular complexity index is 728. The number of likely N-dealkylation sites (tertiary alicyclic amines) is 1. The Kier molecular flexibility index (Phi) is 7.29. The lowest BCUT2D eigenvalue weighted by Gasteiger charge is -2.34. The molecule has 1 unspecified atom stereocenters. The third kappa shape index (κ3) is 5.69. The van der Waals surface area contributed by atoms with E-state index in [0.717, 1.165) is 55.9 Å². The second kappa shape index (κ2) is 9.89. The van der Waals surface area contributed by atoms with Crippen LogP contribution < -0.4 is 9.64 Å². The molecule has 1 N–H and O–H groups in total. The van der Waals surface area contributed by atoms with E-state index in [1.807, 2.05) is 26.2 Å². The van der Waals surface area contributed by atoms with Gasteiger partial charge in [0.05, 0.1) is 12.7 Å². The minimum Gasteiger partial charge on any atom is -0.493 e.